The van der Waals surface area contributed by atoms with E-state index in [1.54, 1.807) is 10.9 Å². The first-order valence-electron chi connectivity index (χ1n) is 5.69. The number of rotatable bonds is 5. The Morgan fingerprint density at radius 2 is 2.41 bits per heavy atom. The Kier molecular flexibility index (Phi) is 4.58. The summed E-state index contributed by atoms with van der Waals surface area (Å²) >= 11 is 0. The van der Waals surface area contributed by atoms with Crippen LogP contribution in [-0.2, 0) is 6.54 Å². The molecule has 1 atom stereocenters. The number of nitrogen functional groups attached to an aromatic ring is 1. The smallest absolute Gasteiger partial charge is 0.274 e. The molecule has 1 heterocycles. The van der Waals surface area contributed by atoms with Gasteiger partial charge in [0.2, 0.25) is 0 Å². The van der Waals surface area contributed by atoms with Gasteiger partial charge in [-0.1, -0.05) is 6.92 Å². The molecule has 1 amide bonds. The fourth-order valence-corrected chi connectivity index (χ4v) is 1.47. The van der Waals surface area contributed by atoms with E-state index in [1.807, 2.05) is 13.8 Å². The second-order valence-electron chi connectivity index (χ2n) is 3.78. The van der Waals surface area contributed by atoms with Crippen LogP contribution in [-0.4, -0.2) is 21.7 Å². The summed E-state index contributed by atoms with van der Waals surface area (Å²) in [6, 6.07) is -0.0290. The summed E-state index contributed by atoms with van der Waals surface area (Å²) in [7, 11) is 0. The molecule has 1 unspecified atom stereocenters. The van der Waals surface area contributed by atoms with Gasteiger partial charge in [0.15, 0.2) is 5.69 Å². The third-order valence-electron chi connectivity index (χ3n) is 2.52. The zero-order valence-corrected chi connectivity index (χ0v) is 10.2. The molecule has 1 aromatic heterocycles. The topological polar surface area (TPSA) is 72.9 Å². The lowest BCUT2D eigenvalue weighted by Crippen LogP contribution is -2.34. The molecule has 1 rings (SSSR count). The van der Waals surface area contributed by atoms with E-state index >= 15 is 0 Å². The van der Waals surface area contributed by atoms with Gasteiger partial charge in [-0.05, 0) is 13.3 Å². The van der Waals surface area contributed by atoms with Gasteiger partial charge in [0.1, 0.15) is 0 Å². The normalized spacial score (nSPS) is 11.8. The minimum Gasteiger partial charge on any atom is -0.396 e. The first-order chi connectivity index (χ1) is 8.12. The Morgan fingerprint density at radius 3 is 2.88 bits per heavy atom. The van der Waals surface area contributed by atoms with E-state index in [-0.39, 0.29) is 17.6 Å². The summed E-state index contributed by atoms with van der Waals surface area (Å²) in [4.78, 5) is 11.9. The number of terminal acetylenes is 1. The molecule has 0 bridgehead atoms. The van der Waals surface area contributed by atoms with Crippen molar-refractivity contribution in [1.29, 1.82) is 0 Å². The van der Waals surface area contributed by atoms with Crippen LogP contribution < -0.4 is 11.1 Å². The zero-order valence-electron chi connectivity index (χ0n) is 10.2. The highest BCUT2D eigenvalue weighted by atomic mass is 16.2. The molecule has 0 saturated carbocycles. The molecule has 0 aliphatic heterocycles. The van der Waals surface area contributed by atoms with Crippen LogP contribution in [0.5, 0.6) is 0 Å². The van der Waals surface area contributed by atoms with Gasteiger partial charge in [0.05, 0.1) is 5.69 Å². The molecular formula is C12H18N4O. The molecule has 3 N–H and O–H groups in total. The largest absolute Gasteiger partial charge is 0.396 e. The van der Waals surface area contributed by atoms with Gasteiger partial charge in [0, 0.05) is 25.2 Å². The summed E-state index contributed by atoms with van der Waals surface area (Å²) in [6.07, 6.45) is 8.17. The van der Waals surface area contributed by atoms with Crippen LogP contribution in [0.1, 0.15) is 37.2 Å². The summed E-state index contributed by atoms with van der Waals surface area (Å²) in [6.45, 7) is 4.58. The maximum Gasteiger partial charge on any atom is 0.274 e. The van der Waals surface area contributed by atoms with E-state index in [0.717, 1.165) is 6.42 Å². The number of carbonyl (C=O) groups excluding carboxylic acids is 1. The first-order valence-corrected chi connectivity index (χ1v) is 5.69. The van der Waals surface area contributed by atoms with Crippen molar-refractivity contribution < 1.29 is 4.79 Å². The quantitative estimate of drug-likeness (QED) is 0.747. The van der Waals surface area contributed by atoms with E-state index in [1.165, 1.54) is 0 Å². The van der Waals surface area contributed by atoms with Crippen molar-refractivity contribution in [3.63, 3.8) is 0 Å². The van der Waals surface area contributed by atoms with E-state index in [0.29, 0.717) is 18.7 Å². The highest BCUT2D eigenvalue weighted by Gasteiger charge is 2.17. The van der Waals surface area contributed by atoms with Crippen LogP contribution >= 0.6 is 0 Å². The highest BCUT2D eigenvalue weighted by Crippen LogP contribution is 2.09. The van der Waals surface area contributed by atoms with Gasteiger partial charge >= 0.3 is 0 Å². The molecule has 5 heteroatoms. The number of hydrogen-bond donors (Lipinski definition) is 2. The first kappa shape index (κ1) is 13.1. The van der Waals surface area contributed by atoms with E-state index in [2.05, 4.69) is 16.3 Å². The Morgan fingerprint density at radius 1 is 1.71 bits per heavy atom. The number of amides is 1. The van der Waals surface area contributed by atoms with Crippen molar-refractivity contribution in [2.75, 3.05) is 5.73 Å². The molecule has 0 saturated heterocycles. The van der Waals surface area contributed by atoms with Crippen molar-refractivity contribution in [3.8, 4) is 12.3 Å². The van der Waals surface area contributed by atoms with E-state index < -0.39 is 0 Å². The van der Waals surface area contributed by atoms with Gasteiger partial charge < -0.3 is 11.1 Å². The maximum absolute atomic E-state index is 11.9. The number of hydrogen-bond acceptors (Lipinski definition) is 3. The van der Waals surface area contributed by atoms with Gasteiger partial charge in [0.25, 0.3) is 5.91 Å². The van der Waals surface area contributed by atoms with Crippen molar-refractivity contribution in [2.45, 2.75) is 39.3 Å². The minimum atomic E-state index is -0.267. The number of aryl methyl sites for hydroxylation is 1. The van der Waals surface area contributed by atoms with E-state index in [9.17, 15) is 4.79 Å². The Balaban J connectivity index is 2.75. The molecule has 0 aromatic carbocycles. The number of nitrogens with one attached hydrogen (secondary N) is 1. The van der Waals surface area contributed by atoms with Gasteiger partial charge in [-0.3, -0.25) is 9.48 Å². The average molecular weight is 234 g/mol. The van der Waals surface area contributed by atoms with E-state index in [4.69, 9.17) is 12.2 Å². The van der Waals surface area contributed by atoms with Crippen LogP contribution in [0.15, 0.2) is 6.20 Å². The fourth-order valence-electron chi connectivity index (χ4n) is 1.47. The number of carbonyl (C=O) groups is 1. The second-order valence-corrected chi connectivity index (χ2v) is 3.78. The van der Waals surface area contributed by atoms with Gasteiger partial charge in [-0.2, -0.15) is 5.10 Å². The lowest BCUT2D eigenvalue weighted by Gasteiger charge is -2.13. The van der Waals surface area contributed by atoms with Gasteiger partial charge in [-0.25, -0.2) is 0 Å². The Hall–Kier alpha value is -1.96. The van der Waals surface area contributed by atoms with Crippen molar-refractivity contribution in [1.82, 2.24) is 15.1 Å². The van der Waals surface area contributed by atoms with Crippen molar-refractivity contribution in [2.24, 2.45) is 0 Å². The molecule has 17 heavy (non-hydrogen) atoms. The number of anilines is 1. The summed E-state index contributed by atoms with van der Waals surface area (Å²) in [5, 5.41) is 6.93. The minimum absolute atomic E-state index is 0.0290. The van der Waals surface area contributed by atoms with Crippen molar-refractivity contribution in [3.05, 3.63) is 11.9 Å². The SMILES string of the molecule is C#CCC(CC)NC(=O)c1nn(CC)cc1N. The Bertz CT molecular complexity index is 430. The predicted octanol–water partition coefficient (Wildman–Crippen LogP) is 1.02. The number of nitrogens with two attached hydrogens (primary N) is 1. The second kappa shape index (κ2) is 5.94. The molecule has 1 aromatic rings. The number of aromatic nitrogens is 2. The third-order valence-corrected chi connectivity index (χ3v) is 2.52. The fraction of sp³-hybridized carbons (Fsp3) is 0.500. The third kappa shape index (κ3) is 3.25. The van der Waals surface area contributed by atoms with Crippen molar-refractivity contribution >= 4 is 11.6 Å². The standard InChI is InChI=1S/C12H18N4O/c1-4-7-9(5-2)14-12(17)11-10(13)8-16(6-3)15-11/h1,8-9H,5-7,13H2,2-3H3,(H,14,17). The molecule has 0 spiro atoms. The lowest BCUT2D eigenvalue weighted by molar-refractivity contribution is 0.0931. The summed E-state index contributed by atoms with van der Waals surface area (Å²) in [5.41, 5.74) is 6.38. The lowest BCUT2D eigenvalue weighted by atomic mass is 10.1. The number of nitrogens with zero attached hydrogens (tertiary/aromatic N) is 2. The monoisotopic (exact) mass is 234 g/mol. The van der Waals surface area contributed by atoms with Gasteiger partial charge in [-0.15, -0.1) is 12.3 Å². The predicted molar refractivity (Wildman–Crippen MR) is 67.3 cm³/mol. The molecule has 92 valence electrons. The Labute approximate surface area is 101 Å². The van der Waals surface area contributed by atoms with Crippen LogP contribution in [0.3, 0.4) is 0 Å². The molecule has 0 radical (unpaired) electrons. The van der Waals surface area contributed by atoms with Crippen LogP contribution in [0, 0.1) is 12.3 Å². The molecular weight excluding hydrogens is 216 g/mol. The summed E-state index contributed by atoms with van der Waals surface area (Å²) < 4.78 is 1.63. The van der Waals surface area contributed by atoms with Crippen LogP contribution in [0.4, 0.5) is 5.69 Å². The zero-order chi connectivity index (χ0) is 12.8. The maximum atomic E-state index is 11.9. The molecule has 0 aliphatic rings. The van der Waals surface area contributed by atoms with Crippen LogP contribution in [0.2, 0.25) is 0 Å². The molecule has 5 nitrogen and oxygen atoms in total. The highest BCUT2D eigenvalue weighted by molar-refractivity contribution is 5.97. The molecule has 0 aliphatic carbocycles. The van der Waals surface area contributed by atoms with Crippen LogP contribution in [0.25, 0.3) is 0 Å². The summed E-state index contributed by atoms with van der Waals surface area (Å²) in [5.74, 6) is 2.27. The molecule has 0 fully saturated rings. The average Bonchev–Trinajstić information content (AvgIpc) is 2.70.